The lowest BCUT2D eigenvalue weighted by atomic mass is 10.1. The second kappa shape index (κ2) is 7.68. The molecule has 1 amide bonds. The minimum Gasteiger partial charge on any atom is -0.448 e. The molecule has 0 unspecified atom stereocenters. The van der Waals surface area contributed by atoms with Gasteiger partial charge in [-0.1, -0.05) is 6.42 Å². The Morgan fingerprint density at radius 2 is 2.00 bits per heavy atom. The van der Waals surface area contributed by atoms with Crippen molar-refractivity contribution < 1.29 is 22.7 Å². The summed E-state index contributed by atoms with van der Waals surface area (Å²) in [5, 5.41) is 0. The lowest BCUT2D eigenvalue weighted by molar-refractivity contribution is -0.140. The normalized spacial score (nSPS) is 22.9. The summed E-state index contributed by atoms with van der Waals surface area (Å²) in [7, 11) is -1.50. The van der Waals surface area contributed by atoms with E-state index in [1.54, 1.807) is 14.0 Å². The zero-order valence-corrected chi connectivity index (χ0v) is 16.8. The second-order valence-corrected chi connectivity index (χ2v) is 10.5. The number of hydrogen-bond acceptors (Lipinski definition) is 6. The molecule has 1 aliphatic heterocycles. The highest BCUT2D eigenvalue weighted by Gasteiger charge is 2.35. The van der Waals surface area contributed by atoms with E-state index in [0.29, 0.717) is 11.3 Å². The van der Waals surface area contributed by atoms with Crippen molar-refractivity contribution in [3.8, 4) is 0 Å². The van der Waals surface area contributed by atoms with Crippen LogP contribution in [0.15, 0.2) is 6.07 Å². The Morgan fingerprint density at radius 3 is 2.69 bits per heavy atom. The van der Waals surface area contributed by atoms with Crippen LogP contribution in [-0.4, -0.2) is 55.9 Å². The Bertz CT molecular complexity index is 775. The number of nitrogens with zero attached hydrogens (tertiary/aromatic N) is 1. The van der Waals surface area contributed by atoms with E-state index in [4.69, 9.17) is 4.74 Å². The van der Waals surface area contributed by atoms with Crippen molar-refractivity contribution in [2.45, 2.75) is 57.6 Å². The Hall–Kier alpha value is -1.41. The smallest absolute Gasteiger partial charge is 0.349 e. The summed E-state index contributed by atoms with van der Waals surface area (Å²) in [6, 6.07) is 1.56. The number of carbonyl (C=O) groups is 2. The first-order valence-corrected chi connectivity index (χ1v) is 11.7. The van der Waals surface area contributed by atoms with Crippen molar-refractivity contribution in [2.24, 2.45) is 0 Å². The molecule has 1 aromatic rings. The molecule has 144 valence electrons. The first-order valence-electron chi connectivity index (χ1n) is 9.06. The second-order valence-electron chi connectivity index (χ2n) is 7.17. The average Bonchev–Trinajstić information content (AvgIpc) is 3.09. The van der Waals surface area contributed by atoms with E-state index in [1.165, 1.54) is 33.1 Å². The summed E-state index contributed by atoms with van der Waals surface area (Å²) < 4.78 is 28.6. The third kappa shape index (κ3) is 4.28. The molecule has 1 aliphatic carbocycles. The number of amides is 1. The molecular weight excluding hydrogens is 374 g/mol. The number of aryl methyl sites for hydroxylation is 2. The van der Waals surface area contributed by atoms with Gasteiger partial charge >= 0.3 is 5.97 Å². The number of rotatable bonds is 4. The fraction of sp³-hybridized carbons (Fsp3) is 0.667. The highest BCUT2D eigenvalue weighted by Crippen LogP contribution is 2.29. The van der Waals surface area contributed by atoms with Gasteiger partial charge in [-0.15, -0.1) is 11.3 Å². The Kier molecular flexibility index (Phi) is 5.72. The zero-order chi connectivity index (χ0) is 18.9. The quantitative estimate of drug-likeness (QED) is 0.573. The van der Waals surface area contributed by atoms with Gasteiger partial charge in [-0.05, 0) is 50.7 Å². The Balaban J connectivity index is 1.61. The topological polar surface area (TPSA) is 80.8 Å². The molecule has 1 saturated heterocycles. The van der Waals surface area contributed by atoms with Gasteiger partial charge < -0.3 is 9.64 Å². The fourth-order valence-electron chi connectivity index (χ4n) is 3.58. The van der Waals surface area contributed by atoms with Gasteiger partial charge in [0.2, 0.25) is 0 Å². The van der Waals surface area contributed by atoms with E-state index >= 15 is 0 Å². The molecule has 2 heterocycles. The maximum Gasteiger partial charge on any atom is 0.349 e. The van der Waals surface area contributed by atoms with E-state index in [-0.39, 0.29) is 23.5 Å². The maximum absolute atomic E-state index is 12.5. The lowest BCUT2D eigenvalue weighted by Gasteiger charge is -2.26. The van der Waals surface area contributed by atoms with E-state index < -0.39 is 21.9 Å². The molecule has 1 aromatic heterocycles. The predicted molar refractivity (Wildman–Crippen MR) is 100 cm³/mol. The van der Waals surface area contributed by atoms with Crippen molar-refractivity contribution in [3.05, 3.63) is 21.4 Å². The third-order valence-electron chi connectivity index (χ3n) is 5.18. The van der Waals surface area contributed by atoms with E-state index in [0.717, 1.165) is 25.7 Å². The Morgan fingerprint density at radius 1 is 1.27 bits per heavy atom. The average molecular weight is 400 g/mol. The van der Waals surface area contributed by atoms with Crippen LogP contribution in [0.25, 0.3) is 0 Å². The molecule has 1 fully saturated rings. The molecule has 2 aliphatic rings. The van der Waals surface area contributed by atoms with Crippen LogP contribution in [0.5, 0.6) is 0 Å². The monoisotopic (exact) mass is 399 g/mol. The first kappa shape index (κ1) is 19.4. The van der Waals surface area contributed by atoms with Gasteiger partial charge in [-0.3, -0.25) is 4.79 Å². The number of hydrogen-bond donors (Lipinski definition) is 0. The molecule has 0 spiro atoms. The molecule has 2 atom stereocenters. The van der Waals surface area contributed by atoms with Crippen LogP contribution in [0.2, 0.25) is 0 Å². The van der Waals surface area contributed by atoms with Gasteiger partial charge in [0.05, 0.1) is 11.5 Å². The molecule has 6 nitrogen and oxygen atoms in total. The number of sulfone groups is 1. The zero-order valence-electron chi connectivity index (χ0n) is 15.2. The standard InChI is InChI=1S/C18H25NO5S2/c1-12(17(20)19(2)14-8-9-26(22,23)11-14)24-18(21)16-10-13-6-4-3-5-7-15(13)25-16/h10,12,14H,3-9,11H2,1-2H3/t12-,14+/m1/s1. The van der Waals surface area contributed by atoms with Crippen molar-refractivity contribution in [2.75, 3.05) is 18.6 Å². The van der Waals surface area contributed by atoms with Gasteiger partial charge in [-0.2, -0.15) is 0 Å². The van der Waals surface area contributed by atoms with Gasteiger partial charge in [0.25, 0.3) is 5.91 Å². The maximum atomic E-state index is 12.5. The SMILES string of the molecule is C[C@@H](OC(=O)c1cc2c(s1)CCCCC2)C(=O)N(C)[C@H]1CCS(=O)(=O)C1. The predicted octanol–water partition coefficient (Wildman–Crippen LogP) is 2.21. The van der Waals surface area contributed by atoms with Gasteiger partial charge in [0.15, 0.2) is 15.9 Å². The highest BCUT2D eigenvalue weighted by atomic mass is 32.2. The first-order chi connectivity index (χ1) is 12.3. The number of thiophene rings is 1. The molecule has 26 heavy (non-hydrogen) atoms. The third-order valence-corrected chi connectivity index (χ3v) is 8.15. The van der Waals surface area contributed by atoms with Crippen LogP contribution in [0.3, 0.4) is 0 Å². The number of likely N-dealkylation sites (N-methyl/N-ethyl adjacent to an activating group) is 1. The van der Waals surface area contributed by atoms with E-state index in [1.807, 2.05) is 6.07 Å². The van der Waals surface area contributed by atoms with Crippen LogP contribution in [0.1, 0.15) is 52.7 Å². The Labute approximate surface area is 158 Å². The van der Waals surface area contributed by atoms with E-state index in [9.17, 15) is 18.0 Å². The van der Waals surface area contributed by atoms with Gasteiger partial charge in [-0.25, -0.2) is 13.2 Å². The van der Waals surface area contributed by atoms with Crippen LogP contribution < -0.4 is 0 Å². The molecule has 0 radical (unpaired) electrons. The molecule has 0 bridgehead atoms. The van der Waals surface area contributed by atoms with Crippen molar-refractivity contribution >= 4 is 33.1 Å². The van der Waals surface area contributed by atoms with Crippen molar-refractivity contribution in [1.29, 1.82) is 0 Å². The molecule has 8 heteroatoms. The van der Waals surface area contributed by atoms with Crippen molar-refractivity contribution in [1.82, 2.24) is 4.90 Å². The van der Waals surface area contributed by atoms with Crippen LogP contribution in [-0.2, 0) is 32.2 Å². The molecule has 3 rings (SSSR count). The van der Waals surface area contributed by atoms with Gasteiger partial charge in [0.1, 0.15) is 4.88 Å². The van der Waals surface area contributed by atoms with Crippen molar-refractivity contribution in [3.63, 3.8) is 0 Å². The van der Waals surface area contributed by atoms with Crippen LogP contribution in [0.4, 0.5) is 0 Å². The van der Waals surface area contributed by atoms with Crippen LogP contribution in [0, 0.1) is 0 Å². The number of ether oxygens (including phenoxy) is 1. The summed E-state index contributed by atoms with van der Waals surface area (Å²) in [4.78, 5) is 28.1. The number of fused-ring (bicyclic) bond motifs is 1. The fourth-order valence-corrected chi connectivity index (χ4v) is 6.50. The van der Waals surface area contributed by atoms with Crippen LogP contribution >= 0.6 is 11.3 Å². The summed E-state index contributed by atoms with van der Waals surface area (Å²) in [6.07, 6.45) is 5.00. The number of esters is 1. The molecule has 0 saturated carbocycles. The van der Waals surface area contributed by atoms with Gasteiger partial charge in [0, 0.05) is 18.0 Å². The molecule has 0 aromatic carbocycles. The summed E-state index contributed by atoms with van der Waals surface area (Å²) in [6.45, 7) is 1.54. The minimum atomic E-state index is -3.07. The lowest BCUT2D eigenvalue weighted by Crippen LogP contribution is -2.44. The number of carbonyl (C=O) groups excluding carboxylic acids is 2. The summed E-state index contributed by atoms with van der Waals surface area (Å²) in [5.74, 6) is -0.757. The van der Waals surface area contributed by atoms with E-state index in [2.05, 4.69) is 0 Å². The highest BCUT2D eigenvalue weighted by molar-refractivity contribution is 7.91. The summed E-state index contributed by atoms with van der Waals surface area (Å²) in [5.41, 5.74) is 1.23. The largest absolute Gasteiger partial charge is 0.448 e. The summed E-state index contributed by atoms with van der Waals surface area (Å²) >= 11 is 1.47. The molecule has 0 N–H and O–H groups in total. The molecular formula is C18H25NO5S2. The minimum absolute atomic E-state index is 0.0203.